The van der Waals surface area contributed by atoms with Crippen LogP contribution in [0.4, 0.5) is 5.82 Å². The molecule has 0 aliphatic carbocycles. The van der Waals surface area contributed by atoms with Crippen molar-refractivity contribution in [2.24, 2.45) is 0 Å². The number of rotatable bonds is 6. The van der Waals surface area contributed by atoms with Crippen molar-refractivity contribution in [3.05, 3.63) is 23.9 Å². The smallest absolute Gasteiger partial charge is 0.242 e. The largest absolute Gasteiger partial charge is 0.310 e. The summed E-state index contributed by atoms with van der Waals surface area (Å²) in [5.74, 6) is 2.53. The van der Waals surface area contributed by atoms with Crippen LogP contribution in [-0.4, -0.2) is 42.5 Å². The second-order valence-corrected chi connectivity index (χ2v) is 6.79. The van der Waals surface area contributed by atoms with E-state index in [1.165, 1.54) is 0 Å². The molecule has 25 heavy (non-hydrogen) atoms. The Labute approximate surface area is 148 Å². The van der Waals surface area contributed by atoms with Gasteiger partial charge in [0.2, 0.25) is 5.91 Å². The standard InChI is InChI=1S/C17H27N7O/c1-5-11(2)24-16(8-9-18-24)21-17(25)12(3)19-14-6-7-15-20-13(4)22-23(15)10-14/h8-9,11-12,14,19H,5-7,10H2,1-4H3,(H,21,25)/t11-,12-,14-/m0/s1. The van der Waals surface area contributed by atoms with Crippen LogP contribution < -0.4 is 10.6 Å². The van der Waals surface area contributed by atoms with E-state index in [1.54, 1.807) is 6.20 Å². The van der Waals surface area contributed by atoms with Gasteiger partial charge in [-0.25, -0.2) is 14.3 Å². The summed E-state index contributed by atoms with van der Waals surface area (Å²) in [5, 5.41) is 15.1. The van der Waals surface area contributed by atoms with E-state index >= 15 is 0 Å². The van der Waals surface area contributed by atoms with Gasteiger partial charge in [-0.2, -0.15) is 10.2 Å². The van der Waals surface area contributed by atoms with Gasteiger partial charge in [-0.15, -0.1) is 0 Å². The Kier molecular flexibility index (Phi) is 5.17. The van der Waals surface area contributed by atoms with Crippen molar-refractivity contribution in [3.63, 3.8) is 0 Å². The van der Waals surface area contributed by atoms with Gasteiger partial charge in [0.05, 0.1) is 24.8 Å². The molecule has 2 aromatic rings. The molecule has 0 fully saturated rings. The number of carbonyl (C=O) groups is 1. The van der Waals surface area contributed by atoms with Gasteiger partial charge in [-0.3, -0.25) is 4.79 Å². The van der Waals surface area contributed by atoms with E-state index in [2.05, 4.69) is 39.7 Å². The summed E-state index contributed by atoms with van der Waals surface area (Å²) in [6.07, 6.45) is 4.52. The average molecular weight is 345 g/mol. The summed E-state index contributed by atoms with van der Waals surface area (Å²) in [6, 6.07) is 2.01. The van der Waals surface area contributed by atoms with Crippen LogP contribution in [0.15, 0.2) is 12.3 Å². The van der Waals surface area contributed by atoms with Crippen molar-refractivity contribution < 1.29 is 4.79 Å². The summed E-state index contributed by atoms with van der Waals surface area (Å²) in [7, 11) is 0. The van der Waals surface area contributed by atoms with Crippen molar-refractivity contribution >= 4 is 11.7 Å². The first kappa shape index (κ1) is 17.6. The van der Waals surface area contributed by atoms with Crippen LogP contribution in [0.3, 0.4) is 0 Å². The Morgan fingerprint density at radius 2 is 2.24 bits per heavy atom. The maximum Gasteiger partial charge on any atom is 0.242 e. The van der Waals surface area contributed by atoms with Gasteiger partial charge in [-0.05, 0) is 33.6 Å². The van der Waals surface area contributed by atoms with Gasteiger partial charge in [-0.1, -0.05) is 6.92 Å². The number of hydrogen-bond donors (Lipinski definition) is 2. The number of carbonyl (C=O) groups excluding carboxylic acids is 1. The monoisotopic (exact) mass is 345 g/mol. The van der Waals surface area contributed by atoms with Crippen LogP contribution in [0.2, 0.25) is 0 Å². The Balaban J connectivity index is 1.58. The third-order valence-corrected chi connectivity index (χ3v) is 4.77. The second kappa shape index (κ2) is 7.35. The third-order valence-electron chi connectivity index (χ3n) is 4.77. The predicted octanol–water partition coefficient (Wildman–Crippen LogP) is 1.69. The molecular weight excluding hydrogens is 318 g/mol. The molecular formula is C17H27N7O. The van der Waals surface area contributed by atoms with E-state index in [4.69, 9.17) is 0 Å². The SMILES string of the molecule is CC[C@H](C)n1nccc1NC(=O)[C@H](C)N[C@H]1CCc2nc(C)nn2C1. The van der Waals surface area contributed by atoms with Crippen molar-refractivity contribution in [2.75, 3.05) is 5.32 Å². The van der Waals surface area contributed by atoms with Crippen LogP contribution in [0.25, 0.3) is 0 Å². The highest BCUT2D eigenvalue weighted by Crippen LogP contribution is 2.17. The summed E-state index contributed by atoms with van der Waals surface area (Å²) >= 11 is 0. The lowest BCUT2D eigenvalue weighted by molar-refractivity contribution is -0.118. The molecule has 3 atom stereocenters. The molecule has 0 saturated heterocycles. The summed E-state index contributed by atoms with van der Waals surface area (Å²) in [4.78, 5) is 17.0. The zero-order chi connectivity index (χ0) is 18.0. The maximum atomic E-state index is 12.5. The Bertz CT molecular complexity index is 735. The average Bonchev–Trinajstić information content (AvgIpc) is 3.19. The molecule has 0 spiro atoms. The van der Waals surface area contributed by atoms with Gasteiger partial charge < -0.3 is 10.6 Å². The molecule has 0 bridgehead atoms. The van der Waals surface area contributed by atoms with Crippen molar-refractivity contribution in [1.82, 2.24) is 29.9 Å². The fraction of sp³-hybridized carbons (Fsp3) is 0.647. The molecule has 1 amide bonds. The summed E-state index contributed by atoms with van der Waals surface area (Å²) in [6.45, 7) is 8.74. The number of nitrogens with zero attached hydrogens (tertiary/aromatic N) is 5. The molecule has 8 nitrogen and oxygen atoms in total. The molecule has 0 aromatic carbocycles. The highest BCUT2D eigenvalue weighted by atomic mass is 16.2. The van der Waals surface area contributed by atoms with Gasteiger partial charge in [0.25, 0.3) is 0 Å². The molecule has 2 N–H and O–H groups in total. The quantitative estimate of drug-likeness (QED) is 0.831. The fourth-order valence-electron chi connectivity index (χ4n) is 3.17. The number of fused-ring (bicyclic) bond motifs is 1. The minimum Gasteiger partial charge on any atom is -0.310 e. The van der Waals surface area contributed by atoms with E-state index in [0.29, 0.717) is 0 Å². The van der Waals surface area contributed by atoms with Crippen LogP contribution >= 0.6 is 0 Å². The number of nitrogens with one attached hydrogen (secondary N) is 2. The first-order valence-corrected chi connectivity index (χ1v) is 8.98. The number of hydrogen-bond acceptors (Lipinski definition) is 5. The van der Waals surface area contributed by atoms with Crippen molar-refractivity contribution in [1.29, 1.82) is 0 Å². The minimum atomic E-state index is -0.295. The summed E-state index contributed by atoms with van der Waals surface area (Å²) in [5.41, 5.74) is 0. The Hall–Kier alpha value is -2.22. The fourth-order valence-corrected chi connectivity index (χ4v) is 3.17. The Morgan fingerprint density at radius 1 is 1.44 bits per heavy atom. The normalized spacial score (nSPS) is 19.3. The minimum absolute atomic E-state index is 0.0504. The molecule has 136 valence electrons. The highest BCUT2D eigenvalue weighted by Gasteiger charge is 2.24. The zero-order valence-electron chi connectivity index (χ0n) is 15.4. The van der Waals surface area contributed by atoms with E-state index in [0.717, 1.165) is 43.3 Å². The van der Waals surface area contributed by atoms with E-state index in [-0.39, 0.29) is 24.0 Å². The molecule has 0 saturated carbocycles. The number of aryl methyl sites for hydroxylation is 2. The molecule has 1 aliphatic rings. The van der Waals surface area contributed by atoms with Gasteiger partial charge in [0.15, 0.2) is 0 Å². The van der Waals surface area contributed by atoms with Crippen molar-refractivity contribution in [2.45, 2.75) is 71.6 Å². The van der Waals surface area contributed by atoms with Crippen molar-refractivity contribution in [3.8, 4) is 0 Å². The lowest BCUT2D eigenvalue weighted by Gasteiger charge is -2.26. The summed E-state index contributed by atoms with van der Waals surface area (Å²) < 4.78 is 3.80. The first-order chi connectivity index (χ1) is 12.0. The maximum absolute atomic E-state index is 12.5. The molecule has 0 radical (unpaired) electrons. The van der Waals surface area contributed by atoms with Crippen LogP contribution in [-0.2, 0) is 17.8 Å². The Morgan fingerprint density at radius 3 is 3.00 bits per heavy atom. The molecule has 3 heterocycles. The van der Waals surface area contributed by atoms with Gasteiger partial charge in [0.1, 0.15) is 17.5 Å². The van der Waals surface area contributed by atoms with Gasteiger partial charge >= 0.3 is 0 Å². The topological polar surface area (TPSA) is 89.7 Å². The van der Waals surface area contributed by atoms with Crippen LogP contribution in [0, 0.1) is 6.92 Å². The lowest BCUT2D eigenvalue weighted by Crippen LogP contribution is -2.47. The molecule has 2 aromatic heterocycles. The number of anilines is 1. The zero-order valence-corrected chi connectivity index (χ0v) is 15.4. The highest BCUT2D eigenvalue weighted by molar-refractivity contribution is 5.93. The first-order valence-electron chi connectivity index (χ1n) is 8.98. The number of aromatic nitrogens is 5. The number of amides is 1. The second-order valence-electron chi connectivity index (χ2n) is 6.79. The lowest BCUT2D eigenvalue weighted by atomic mass is 10.1. The molecule has 3 rings (SSSR count). The predicted molar refractivity (Wildman–Crippen MR) is 95.3 cm³/mol. The van der Waals surface area contributed by atoms with E-state index < -0.39 is 0 Å². The molecule has 8 heteroatoms. The molecule has 1 aliphatic heterocycles. The van der Waals surface area contributed by atoms with Crippen LogP contribution in [0.5, 0.6) is 0 Å². The third kappa shape index (κ3) is 3.89. The van der Waals surface area contributed by atoms with Crippen LogP contribution in [0.1, 0.15) is 51.3 Å². The molecule has 0 unspecified atom stereocenters. The van der Waals surface area contributed by atoms with E-state index in [9.17, 15) is 4.79 Å². The van der Waals surface area contributed by atoms with Gasteiger partial charge in [0, 0.05) is 18.5 Å². The van der Waals surface area contributed by atoms with E-state index in [1.807, 2.05) is 29.3 Å².